The van der Waals surface area contributed by atoms with Crippen molar-refractivity contribution in [3.8, 4) is 0 Å². The molecule has 0 aliphatic heterocycles. The summed E-state index contributed by atoms with van der Waals surface area (Å²) in [6.07, 6.45) is -1.28. The van der Waals surface area contributed by atoms with Crippen LogP contribution in [0, 0.1) is 0 Å². The van der Waals surface area contributed by atoms with Gasteiger partial charge < -0.3 is 5.32 Å². The number of rotatable bonds is 7. The van der Waals surface area contributed by atoms with Crippen LogP contribution in [0.25, 0.3) is 0 Å². The normalized spacial score (nSPS) is 11.2. The molecular formula is C12H19F2N3. The van der Waals surface area contributed by atoms with Crippen molar-refractivity contribution in [1.29, 1.82) is 0 Å². The number of anilines is 1. The number of halogens is 2. The molecule has 0 saturated carbocycles. The molecule has 0 saturated heterocycles. The third-order valence-corrected chi connectivity index (χ3v) is 2.24. The third kappa shape index (κ3) is 5.58. The van der Waals surface area contributed by atoms with Gasteiger partial charge in [-0.15, -0.1) is 0 Å². The van der Waals surface area contributed by atoms with E-state index in [0.717, 1.165) is 24.5 Å². The van der Waals surface area contributed by atoms with E-state index in [1.165, 1.54) is 0 Å². The summed E-state index contributed by atoms with van der Waals surface area (Å²) in [5, 5.41) is 3.17. The molecule has 0 aliphatic rings. The molecule has 0 radical (unpaired) electrons. The Hall–Kier alpha value is -1.23. The lowest BCUT2D eigenvalue weighted by Crippen LogP contribution is -2.24. The Balaban J connectivity index is 2.52. The van der Waals surface area contributed by atoms with E-state index in [0.29, 0.717) is 6.54 Å². The third-order valence-electron chi connectivity index (χ3n) is 2.24. The first-order valence-electron chi connectivity index (χ1n) is 5.78. The number of alkyl halides is 2. The van der Waals surface area contributed by atoms with E-state index in [-0.39, 0.29) is 6.54 Å². The van der Waals surface area contributed by atoms with Crippen LogP contribution >= 0.6 is 0 Å². The highest BCUT2D eigenvalue weighted by atomic mass is 19.3. The second kappa shape index (κ2) is 7.17. The van der Waals surface area contributed by atoms with Crippen LogP contribution in [0.5, 0.6) is 0 Å². The summed E-state index contributed by atoms with van der Waals surface area (Å²) in [6, 6.07) is 5.61. The van der Waals surface area contributed by atoms with Gasteiger partial charge in [0.25, 0.3) is 6.43 Å². The van der Waals surface area contributed by atoms with Gasteiger partial charge >= 0.3 is 0 Å². The molecule has 0 spiro atoms. The zero-order chi connectivity index (χ0) is 12.7. The summed E-state index contributed by atoms with van der Waals surface area (Å²) in [7, 11) is 1.67. The Kier molecular flexibility index (Phi) is 5.83. The standard InChI is InChI=1S/C12H19F2N3/c1-3-7-15-12-6-4-5-10(16-12)8-17(2)9-11(13)14/h4-6,11H,3,7-9H2,1-2H3,(H,15,16). The maximum absolute atomic E-state index is 12.2. The highest BCUT2D eigenvalue weighted by molar-refractivity contribution is 5.35. The first-order valence-corrected chi connectivity index (χ1v) is 5.78. The molecule has 0 unspecified atom stereocenters. The number of aromatic nitrogens is 1. The summed E-state index contributed by atoms with van der Waals surface area (Å²) >= 11 is 0. The quantitative estimate of drug-likeness (QED) is 0.798. The molecule has 1 aromatic rings. The molecule has 1 N–H and O–H groups in total. The molecule has 0 bridgehead atoms. The molecular weight excluding hydrogens is 224 g/mol. The van der Waals surface area contributed by atoms with E-state index in [1.807, 2.05) is 18.2 Å². The van der Waals surface area contributed by atoms with Gasteiger partial charge in [-0.3, -0.25) is 4.90 Å². The van der Waals surface area contributed by atoms with Gasteiger partial charge in [0.2, 0.25) is 0 Å². The van der Waals surface area contributed by atoms with E-state index in [1.54, 1.807) is 11.9 Å². The lowest BCUT2D eigenvalue weighted by atomic mass is 10.3. The average Bonchev–Trinajstić information content (AvgIpc) is 2.25. The average molecular weight is 243 g/mol. The van der Waals surface area contributed by atoms with Crippen molar-refractivity contribution in [2.75, 3.05) is 25.5 Å². The Bertz CT molecular complexity index is 331. The minimum atomic E-state index is -2.30. The molecule has 5 heteroatoms. The van der Waals surface area contributed by atoms with Crippen LogP contribution in [0.2, 0.25) is 0 Å². The second-order valence-corrected chi connectivity index (χ2v) is 4.03. The van der Waals surface area contributed by atoms with Crippen LogP contribution in [0.15, 0.2) is 18.2 Å². The highest BCUT2D eigenvalue weighted by Crippen LogP contribution is 2.07. The Morgan fingerprint density at radius 3 is 2.82 bits per heavy atom. The Labute approximate surface area is 101 Å². The van der Waals surface area contributed by atoms with Gasteiger partial charge in [0, 0.05) is 13.1 Å². The van der Waals surface area contributed by atoms with Gasteiger partial charge in [-0.25, -0.2) is 13.8 Å². The molecule has 0 aliphatic carbocycles. The number of hydrogen-bond donors (Lipinski definition) is 1. The van der Waals surface area contributed by atoms with Crippen LogP contribution < -0.4 is 5.32 Å². The molecule has 1 rings (SSSR count). The summed E-state index contributed by atoms with van der Waals surface area (Å²) in [4.78, 5) is 5.93. The van der Waals surface area contributed by atoms with Gasteiger partial charge in [0.05, 0.1) is 12.2 Å². The van der Waals surface area contributed by atoms with Crippen molar-refractivity contribution in [2.24, 2.45) is 0 Å². The SMILES string of the molecule is CCCNc1cccc(CN(C)CC(F)F)n1. The minimum absolute atomic E-state index is 0.228. The van der Waals surface area contributed by atoms with Crippen LogP contribution in [0.1, 0.15) is 19.0 Å². The van der Waals surface area contributed by atoms with Crippen molar-refractivity contribution < 1.29 is 8.78 Å². The van der Waals surface area contributed by atoms with E-state index >= 15 is 0 Å². The zero-order valence-corrected chi connectivity index (χ0v) is 10.3. The molecule has 0 fully saturated rings. The number of pyridine rings is 1. The maximum atomic E-state index is 12.2. The second-order valence-electron chi connectivity index (χ2n) is 4.03. The van der Waals surface area contributed by atoms with Crippen LogP contribution in [0.3, 0.4) is 0 Å². The van der Waals surface area contributed by atoms with Crippen molar-refractivity contribution in [3.63, 3.8) is 0 Å². The fourth-order valence-electron chi connectivity index (χ4n) is 1.50. The molecule has 3 nitrogen and oxygen atoms in total. The highest BCUT2D eigenvalue weighted by Gasteiger charge is 2.08. The molecule has 96 valence electrons. The number of nitrogens with zero attached hydrogens (tertiary/aromatic N) is 2. The Morgan fingerprint density at radius 1 is 1.41 bits per heavy atom. The zero-order valence-electron chi connectivity index (χ0n) is 10.3. The monoisotopic (exact) mass is 243 g/mol. The predicted octanol–water partition coefficient (Wildman–Crippen LogP) is 2.60. The van der Waals surface area contributed by atoms with Crippen LogP contribution in [-0.4, -0.2) is 36.4 Å². The fourth-order valence-corrected chi connectivity index (χ4v) is 1.50. The largest absolute Gasteiger partial charge is 0.370 e. The number of nitrogens with one attached hydrogen (secondary N) is 1. The Morgan fingerprint density at radius 2 is 2.18 bits per heavy atom. The molecule has 1 heterocycles. The van der Waals surface area contributed by atoms with Crippen molar-refractivity contribution >= 4 is 5.82 Å². The first-order chi connectivity index (χ1) is 8.11. The molecule has 0 atom stereocenters. The van der Waals surface area contributed by atoms with Crippen molar-refractivity contribution in [1.82, 2.24) is 9.88 Å². The summed E-state index contributed by atoms with van der Waals surface area (Å²) in [5.74, 6) is 0.801. The molecule has 1 aromatic heterocycles. The minimum Gasteiger partial charge on any atom is -0.370 e. The van der Waals surface area contributed by atoms with Crippen molar-refractivity contribution in [3.05, 3.63) is 23.9 Å². The van der Waals surface area contributed by atoms with Gasteiger partial charge in [-0.05, 0) is 25.6 Å². The topological polar surface area (TPSA) is 28.2 Å². The van der Waals surface area contributed by atoms with Gasteiger partial charge in [0.15, 0.2) is 0 Å². The molecule has 17 heavy (non-hydrogen) atoms. The summed E-state index contributed by atoms with van der Waals surface area (Å²) in [5.41, 5.74) is 0.800. The molecule has 0 aromatic carbocycles. The fraction of sp³-hybridized carbons (Fsp3) is 0.583. The maximum Gasteiger partial charge on any atom is 0.251 e. The van der Waals surface area contributed by atoms with E-state index in [9.17, 15) is 8.78 Å². The summed E-state index contributed by atoms with van der Waals surface area (Å²) < 4.78 is 24.3. The van der Waals surface area contributed by atoms with Gasteiger partial charge in [-0.2, -0.15) is 0 Å². The summed E-state index contributed by atoms with van der Waals surface area (Å²) in [6.45, 7) is 3.15. The van der Waals surface area contributed by atoms with Crippen LogP contribution in [0.4, 0.5) is 14.6 Å². The lowest BCUT2D eigenvalue weighted by molar-refractivity contribution is 0.0971. The predicted molar refractivity (Wildman–Crippen MR) is 65.4 cm³/mol. The van der Waals surface area contributed by atoms with Gasteiger partial charge in [-0.1, -0.05) is 13.0 Å². The van der Waals surface area contributed by atoms with E-state index < -0.39 is 6.43 Å². The first kappa shape index (κ1) is 13.8. The number of hydrogen-bond acceptors (Lipinski definition) is 3. The van der Waals surface area contributed by atoms with E-state index in [4.69, 9.17) is 0 Å². The van der Waals surface area contributed by atoms with Crippen molar-refractivity contribution in [2.45, 2.75) is 26.3 Å². The smallest absolute Gasteiger partial charge is 0.251 e. The van der Waals surface area contributed by atoms with Gasteiger partial charge in [0.1, 0.15) is 5.82 Å². The lowest BCUT2D eigenvalue weighted by Gasteiger charge is -2.15. The van der Waals surface area contributed by atoms with Crippen LogP contribution in [-0.2, 0) is 6.54 Å². The van der Waals surface area contributed by atoms with E-state index in [2.05, 4.69) is 17.2 Å². The molecule has 0 amide bonds.